The van der Waals surface area contributed by atoms with E-state index in [4.69, 9.17) is 5.11 Å². The minimum Gasteiger partial charge on any atom is -0.480 e. The topological polar surface area (TPSA) is 104 Å². The van der Waals surface area contributed by atoms with Crippen molar-refractivity contribution >= 4 is 38.8 Å². The van der Waals surface area contributed by atoms with Crippen LogP contribution in [0.25, 0.3) is 16.9 Å². The average molecular weight is 446 g/mol. The summed E-state index contributed by atoms with van der Waals surface area (Å²) in [5.41, 5.74) is 0.961. The second kappa shape index (κ2) is 6.48. The molecule has 0 atom stereocenters. The molecule has 0 fully saturated rings. The summed E-state index contributed by atoms with van der Waals surface area (Å²) in [4.78, 5) is 41.5. The number of aromatic nitrogens is 5. The van der Waals surface area contributed by atoms with Crippen molar-refractivity contribution in [2.45, 2.75) is 20.0 Å². The number of aliphatic carboxylic acids is 1. The van der Waals surface area contributed by atoms with Crippen molar-refractivity contribution in [1.82, 2.24) is 23.1 Å². The van der Waals surface area contributed by atoms with Gasteiger partial charge in [-0.05, 0) is 24.6 Å². The van der Waals surface area contributed by atoms with E-state index in [2.05, 4.69) is 20.9 Å². The van der Waals surface area contributed by atoms with Gasteiger partial charge in [0.05, 0.1) is 6.54 Å². The van der Waals surface area contributed by atoms with Gasteiger partial charge in [0.25, 0.3) is 5.56 Å². The average Bonchev–Trinajstić information content (AvgIpc) is 3.15. The zero-order valence-electron chi connectivity index (χ0n) is 15.1. The minimum atomic E-state index is -1.02. The Morgan fingerprint density at radius 1 is 1.18 bits per heavy atom. The zero-order valence-corrected chi connectivity index (χ0v) is 16.7. The highest BCUT2D eigenvalue weighted by atomic mass is 79.9. The van der Waals surface area contributed by atoms with Crippen LogP contribution in [0.3, 0.4) is 0 Å². The van der Waals surface area contributed by atoms with Crippen molar-refractivity contribution in [3.63, 3.8) is 0 Å². The number of aryl methyl sites for hydroxylation is 2. The highest BCUT2D eigenvalue weighted by Crippen LogP contribution is 2.16. The number of carboxylic acid groups (broad SMARTS) is 1. The lowest BCUT2D eigenvalue weighted by molar-refractivity contribution is -0.137. The van der Waals surface area contributed by atoms with E-state index in [9.17, 15) is 14.4 Å². The molecule has 4 aromatic rings. The van der Waals surface area contributed by atoms with Crippen LogP contribution >= 0.6 is 15.9 Å². The van der Waals surface area contributed by atoms with Crippen LogP contribution in [0.2, 0.25) is 0 Å². The Morgan fingerprint density at radius 2 is 1.86 bits per heavy atom. The maximum Gasteiger partial charge on any atom is 0.332 e. The van der Waals surface area contributed by atoms with Crippen molar-refractivity contribution < 1.29 is 9.90 Å². The summed E-state index contributed by atoms with van der Waals surface area (Å²) in [6.07, 6.45) is 1.66. The van der Waals surface area contributed by atoms with Gasteiger partial charge in [-0.1, -0.05) is 28.1 Å². The van der Waals surface area contributed by atoms with Gasteiger partial charge in [-0.3, -0.25) is 23.1 Å². The van der Waals surface area contributed by atoms with Gasteiger partial charge in [0.2, 0.25) is 5.78 Å². The first-order chi connectivity index (χ1) is 13.3. The Kier molecular flexibility index (Phi) is 4.22. The van der Waals surface area contributed by atoms with E-state index in [0.717, 1.165) is 14.6 Å². The van der Waals surface area contributed by atoms with Crippen LogP contribution in [0, 0.1) is 6.92 Å². The number of fused-ring (bicyclic) bond motifs is 3. The van der Waals surface area contributed by atoms with Gasteiger partial charge in [0, 0.05) is 23.4 Å². The second-order valence-electron chi connectivity index (χ2n) is 6.56. The van der Waals surface area contributed by atoms with Gasteiger partial charge >= 0.3 is 11.7 Å². The molecule has 0 saturated heterocycles. The summed E-state index contributed by atoms with van der Waals surface area (Å²) in [5, 5.41) is 9.14. The number of rotatable bonds is 4. The summed E-state index contributed by atoms with van der Waals surface area (Å²) in [6.45, 7) is 1.58. The molecule has 28 heavy (non-hydrogen) atoms. The van der Waals surface area contributed by atoms with Crippen molar-refractivity contribution in [3.05, 3.63) is 67.0 Å². The Hall–Kier alpha value is -3.14. The zero-order chi connectivity index (χ0) is 20.2. The molecular weight excluding hydrogens is 430 g/mol. The van der Waals surface area contributed by atoms with E-state index in [-0.39, 0.29) is 24.3 Å². The number of hydrogen-bond donors (Lipinski definition) is 1. The number of halogens is 1. The van der Waals surface area contributed by atoms with Crippen molar-refractivity contribution in [2.75, 3.05) is 0 Å². The molecule has 0 radical (unpaired) electrons. The summed E-state index contributed by atoms with van der Waals surface area (Å²) >= 11 is 3.36. The Morgan fingerprint density at radius 3 is 2.50 bits per heavy atom. The van der Waals surface area contributed by atoms with E-state index < -0.39 is 17.2 Å². The Balaban J connectivity index is 1.99. The molecule has 3 heterocycles. The first-order valence-corrected chi connectivity index (χ1v) is 9.21. The number of hydrogen-bond acceptors (Lipinski definition) is 4. The quantitative estimate of drug-likeness (QED) is 0.510. The van der Waals surface area contributed by atoms with Crippen LogP contribution in [0.1, 0.15) is 11.3 Å². The van der Waals surface area contributed by atoms with Crippen molar-refractivity contribution in [3.8, 4) is 0 Å². The normalized spacial score (nSPS) is 11.5. The maximum atomic E-state index is 13.1. The van der Waals surface area contributed by atoms with Crippen LogP contribution in [0.4, 0.5) is 0 Å². The van der Waals surface area contributed by atoms with E-state index in [1.165, 1.54) is 9.13 Å². The van der Waals surface area contributed by atoms with Crippen LogP contribution < -0.4 is 11.2 Å². The largest absolute Gasteiger partial charge is 0.480 e. The summed E-state index contributed by atoms with van der Waals surface area (Å²) in [5.74, 6) is -0.710. The van der Waals surface area contributed by atoms with Crippen LogP contribution in [-0.2, 0) is 24.9 Å². The summed E-state index contributed by atoms with van der Waals surface area (Å²) in [7, 11) is 1.54. The minimum absolute atomic E-state index is 0.122. The maximum absolute atomic E-state index is 13.1. The van der Waals surface area contributed by atoms with Crippen molar-refractivity contribution in [1.29, 1.82) is 0 Å². The molecule has 1 aromatic carbocycles. The fourth-order valence-corrected chi connectivity index (χ4v) is 3.56. The highest BCUT2D eigenvalue weighted by Gasteiger charge is 2.21. The second-order valence-corrected chi connectivity index (χ2v) is 7.48. The third-order valence-electron chi connectivity index (χ3n) is 4.69. The lowest BCUT2D eigenvalue weighted by Crippen LogP contribution is -2.39. The lowest BCUT2D eigenvalue weighted by Gasteiger charge is -2.08. The molecule has 9 nitrogen and oxygen atoms in total. The number of benzene rings is 1. The van der Waals surface area contributed by atoms with Gasteiger partial charge in [-0.25, -0.2) is 4.79 Å². The third kappa shape index (κ3) is 2.76. The van der Waals surface area contributed by atoms with E-state index in [0.29, 0.717) is 11.5 Å². The molecule has 0 aliphatic heterocycles. The first kappa shape index (κ1) is 18.2. The number of imidazole rings is 2. The molecule has 3 aromatic heterocycles. The molecule has 10 heteroatoms. The van der Waals surface area contributed by atoms with Crippen molar-refractivity contribution in [2.24, 2.45) is 7.05 Å². The third-order valence-corrected chi connectivity index (χ3v) is 5.22. The fourth-order valence-electron chi connectivity index (χ4n) is 3.30. The van der Waals surface area contributed by atoms with E-state index >= 15 is 0 Å². The number of carboxylic acids is 1. The summed E-state index contributed by atoms with van der Waals surface area (Å²) in [6, 6.07) is 7.35. The molecule has 0 aliphatic carbocycles. The van der Waals surface area contributed by atoms with Crippen LogP contribution in [0.5, 0.6) is 0 Å². The van der Waals surface area contributed by atoms with Gasteiger partial charge in [-0.2, -0.15) is 4.98 Å². The summed E-state index contributed by atoms with van der Waals surface area (Å²) < 4.78 is 6.41. The van der Waals surface area contributed by atoms with Gasteiger partial charge in [0.15, 0.2) is 11.2 Å². The molecule has 0 bridgehead atoms. The van der Waals surface area contributed by atoms with Crippen LogP contribution in [-0.4, -0.2) is 34.2 Å². The lowest BCUT2D eigenvalue weighted by atomic mass is 10.2. The van der Waals surface area contributed by atoms with E-state index in [1.807, 2.05) is 24.3 Å². The van der Waals surface area contributed by atoms with Gasteiger partial charge in [0.1, 0.15) is 6.54 Å². The SMILES string of the molecule is Cc1cn2c3c(=O)n(Cc4ccc(Br)cc4)c(=O)n(C)c3nc2n1CC(=O)O. The molecule has 144 valence electrons. The standard InChI is InChI=1S/C18H16BrN5O4/c1-10-7-23-14-15(20-17(23)22(10)9-13(25)26)21(2)18(28)24(16(14)27)8-11-3-5-12(19)6-4-11/h3-7H,8-9H2,1-2H3,(H,25,26). The predicted octanol–water partition coefficient (Wildman–Crippen LogP) is 1.35. The smallest absolute Gasteiger partial charge is 0.332 e. The Labute approximate surface area is 166 Å². The molecule has 0 unspecified atom stereocenters. The molecule has 1 N–H and O–H groups in total. The molecule has 0 aliphatic rings. The monoisotopic (exact) mass is 445 g/mol. The molecule has 0 amide bonds. The molecule has 0 spiro atoms. The fraction of sp³-hybridized carbons (Fsp3) is 0.222. The molecule has 0 saturated carbocycles. The Bertz CT molecular complexity index is 1360. The van der Waals surface area contributed by atoms with Gasteiger partial charge in [-0.15, -0.1) is 0 Å². The highest BCUT2D eigenvalue weighted by molar-refractivity contribution is 9.10. The number of carbonyl (C=O) groups is 1. The van der Waals surface area contributed by atoms with E-state index in [1.54, 1.807) is 24.6 Å². The first-order valence-electron chi connectivity index (χ1n) is 8.42. The molecule has 4 rings (SSSR count). The van der Waals surface area contributed by atoms with Crippen LogP contribution in [0.15, 0.2) is 44.5 Å². The predicted molar refractivity (Wildman–Crippen MR) is 106 cm³/mol. The van der Waals surface area contributed by atoms with Gasteiger partial charge < -0.3 is 9.67 Å². The number of nitrogens with zero attached hydrogens (tertiary/aromatic N) is 5. The molecular formula is C18H16BrN5O4.